The average Bonchev–Trinajstić information content (AvgIpc) is 3.00. The van der Waals surface area contributed by atoms with Gasteiger partial charge in [-0.05, 0) is 17.2 Å². The van der Waals surface area contributed by atoms with Crippen molar-refractivity contribution in [2.45, 2.75) is 18.6 Å². The van der Waals surface area contributed by atoms with Crippen molar-refractivity contribution in [2.24, 2.45) is 0 Å². The van der Waals surface area contributed by atoms with E-state index in [1.165, 1.54) is 0 Å². The summed E-state index contributed by atoms with van der Waals surface area (Å²) in [4.78, 5) is 12.6. The van der Waals surface area contributed by atoms with Gasteiger partial charge in [-0.2, -0.15) is 0 Å². The van der Waals surface area contributed by atoms with Gasteiger partial charge in [-0.25, -0.2) is 0 Å². The zero-order valence-corrected chi connectivity index (χ0v) is 12.3. The summed E-state index contributed by atoms with van der Waals surface area (Å²) in [5.41, 5.74) is 3.69. The summed E-state index contributed by atoms with van der Waals surface area (Å²) in [6, 6.07) is 16.6. The van der Waals surface area contributed by atoms with E-state index in [2.05, 4.69) is 15.5 Å². The first-order chi connectivity index (χ1) is 11.2. The number of aromatic nitrogens is 2. The molecule has 0 fully saturated rings. The predicted octanol–water partition coefficient (Wildman–Crippen LogP) is 1.97. The normalized spacial score (nSPS) is 19.5. The first kappa shape index (κ1) is 13.8. The number of nitrogens with one attached hydrogen (secondary N) is 1. The molecule has 1 aliphatic heterocycles. The maximum absolute atomic E-state index is 12.6. The molecule has 2 aliphatic carbocycles. The van der Waals surface area contributed by atoms with E-state index in [0.717, 1.165) is 11.1 Å². The van der Waals surface area contributed by atoms with Gasteiger partial charge in [-0.1, -0.05) is 48.5 Å². The monoisotopic (exact) mass is 305 g/mol. The van der Waals surface area contributed by atoms with Crippen molar-refractivity contribution in [2.75, 3.05) is 0 Å². The first-order valence-electron chi connectivity index (χ1n) is 7.52. The number of carbonyl (C=O) groups excluding carboxylic acids is 1. The zero-order chi connectivity index (χ0) is 15.8. The Labute approximate surface area is 133 Å². The molecule has 0 bridgehead atoms. The van der Waals surface area contributed by atoms with Gasteiger partial charge in [0.15, 0.2) is 5.69 Å². The van der Waals surface area contributed by atoms with Gasteiger partial charge in [0.05, 0.1) is 17.8 Å². The number of carbonyl (C=O) groups is 1. The van der Waals surface area contributed by atoms with E-state index < -0.39 is 12.1 Å². The summed E-state index contributed by atoms with van der Waals surface area (Å²) in [5, 5.41) is 21.2. The van der Waals surface area contributed by atoms with E-state index in [4.69, 9.17) is 0 Å². The van der Waals surface area contributed by atoms with Crippen molar-refractivity contribution in [1.82, 2.24) is 15.5 Å². The molecule has 1 aromatic rings. The highest BCUT2D eigenvalue weighted by molar-refractivity contribution is 5.99. The Balaban J connectivity index is 1.64. The fraction of sp³-hybridized carbons (Fsp3) is 0.167. The molecule has 4 rings (SSSR count). The summed E-state index contributed by atoms with van der Waals surface area (Å²) in [7, 11) is 0. The SMILES string of the molecule is O=C(N[C@@H]1c2ccccc2C[C@@H]1O)c1nnc2cccccc1-2. The second-order valence-corrected chi connectivity index (χ2v) is 5.68. The number of rotatable bonds is 2. The maximum Gasteiger partial charge on any atom is 0.273 e. The highest BCUT2D eigenvalue weighted by Gasteiger charge is 2.33. The zero-order valence-electron chi connectivity index (χ0n) is 12.3. The van der Waals surface area contributed by atoms with Crippen LogP contribution in [0.3, 0.4) is 0 Å². The van der Waals surface area contributed by atoms with E-state index in [-0.39, 0.29) is 11.6 Å². The van der Waals surface area contributed by atoms with Crippen LogP contribution in [-0.2, 0) is 6.42 Å². The van der Waals surface area contributed by atoms with Crippen molar-refractivity contribution in [1.29, 1.82) is 0 Å². The quantitative estimate of drug-likeness (QED) is 0.759. The number of nitrogens with zero attached hydrogens (tertiary/aromatic N) is 2. The Kier molecular flexibility index (Phi) is 3.28. The third-order valence-corrected chi connectivity index (χ3v) is 4.23. The number of benzene rings is 1. The Morgan fingerprint density at radius 2 is 1.83 bits per heavy atom. The molecule has 3 aliphatic rings. The van der Waals surface area contributed by atoms with Crippen molar-refractivity contribution in [3.63, 3.8) is 0 Å². The minimum absolute atomic E-state index is 0.285. The Morgan fingerprint density at radius 3 is 2.74 bits per heavy atom. The third kappa shape index (κ3) is 2.35. The lowest BCUT2D eigenvalue weighted by Gasteiger charge is -2.17. The predicted molar refractivity (Wildman–Crippen MR) is 85.0 cm³/mol. The topological polar surface area (TPSA) is 75.1 Å². The molecule has 0 spiro atoms. The molecule has 2 N–H and O–H groups in total. The summed E-state index contributed by atoms with van der Waals surface area (Å²) in [6.07, 6.45) is -0.0783. The molecule has 1 amide bonds. The molecule has 5 nitrogen and oxygen atoms in total. The molecular weight excluding hydrogens is 290 g/mol. The number of amides is 1. The lowest BCUT2D eigenvalue weighted by Crippen LogP contribution is -2.34. The van der Waals surface area contributed by atoms with E-state index in [1.54, 1.807) is 0 Å². The van der Waals surface area contributed by atoms with E-state index in [9.17, 15) is 9.90 Å². The molecule has 0 unspecified atom stereocenters. The molecule has 23 heavy (non-hydrogen) atoms. The van der Waals surface area contributed by atoms with Crippen LogP contribution in [-0.4, -0.2) is 27.3 Å². The third-order valence-electron chi connectivity index (χ3n) is 4.23. The summed E-state index contributed by atoms with van der Waals surface area (Å²) in [6.45, 7) is 0. The summed E-state index contributed by atoms with van der Waals surface area (Å²) < 4.78 is 0. The molecule has 0 saturated heterocycles. The van der Waals surface area contributed by atoms with Crippen LogP contribution in [0.4, 0.5) is 0 Å². The fourth-order valence-corrected chi connectivity index (χ4v) is 3.11. The number of hydrogen-bond acceptors (Lipinski definition) is 4. The van der Waals surface area contributed by atoms with Crippen LogP contribution in [0, 0.1) is 0 Å². The van der Waals surface area contributed by atoms with Crippen molar-refractivity contribution in [3.05, 3.63) is 71.4 Å². The van der Waals surface area contributed by atoms with Gasteiger partial charge in [-0.15, -0.1) is 10.2 Å². The van der Waals surface area contributed by atoms with Gasteiger partial charge < -0.3 is 10.4 Å². The van der Waals surface area contributed by atoms with Gasteiger partial charge in [0.2, 0.25) is 0 Å². The Hall–Kier alpha value is -2.79. The number of fused-ring (bicyclic) bond motifs is 2. The summed E-state index contributed by atoms with van der Waals surface area (Å²) in [5.74, 6) is -0.320. The van der Waals surface area contributed by atoms with Crippen molar-refractivity contribution in [3.8, 4) is 11.3 Å². The van der Waals surface area contributed by atoms with Crippen LogP contribution >= 0.6 is 0 Å². The second-order valence-electron chi connectivity index (χ2n) is 5.68. The molecule has 2 atom stereocenters. The molecule has 114 valence electrons. The number of aliphatic hydroxyl groups is 1. The standard InChI is InChI=1S/C18H15N3O2/c22-15-10-11-6-4-5-7-12(11)16(15)19-18(23)17-13-8-2-1-3-9-14(13)20-21-17/h1-9,15-16,22H,10H2,(H,19,23)/t15-,16+/m0/s1. The van der Waals surface area contributed by atoms with Crippen LogP contribution in [0.5, 0.6) is 0 Å². The Morgan fingerprint density at radius 1 is 1.04 bits per heavy atom. The van der Waals surface area contributed by atoms with Gasteiger partial charge in [0, 0.05) is 12.0 Å². The Bertz CT molecular complexity index is 849. The molecule has 5 heteroatoms. The highest BCUT2D eigenvalue weighted by Crippen LogP contribution is 2.32. The lowest BCUT2D eigenvalue weighted by molar-refractivity contribution is 0.0854. The van der Waals surface area contributed by atoms with Crippen molar-refractivity contribution >= 4 is 5.91 Å². The fourth-order valence-electron chi connectivity index (χ4n) is 3.11. The van der Waals surface area contributed by atoms with E-state index >= 15 is 0 Å². The maximum atomic E-state index is 12.6. The van der Waals surface area contributed by atoms with Gasteiger partial charge >= 0.3 is 0 Å². The minimum atomic E-state index is -0.623. The minimum Gasteiger partial charge on any atom is -0.390 e. The van der Waals surface area contributed by atoms with Crippen LogP contribution in [0.25, 0.3) is 11.3 Å². The largest absolute Gasteiger partial charge is 0.390 e. The van der Waals surface area contributed by atoms with Gasteiger partial charge in [0.1, 0.15) is 0 Å². The van der Waals surface area contributed by atoms with Crippen LogP contribution < -0.4 is 5.32 Å². The molecule has 0 saturated carbocycles. The number of aliphatic hydroxyl groups excluding tert-OH is 1. The van der Waals surface area contributed by atoms with Crippen molar-refractivity contribution < 1.29 is 9.90 Å². The number of hydrogen-bond donors (Lipinski definition) is 2. The lowest BCUT2D eigenvalue weighted by atomic mass is 10.1. The molecule has 0 radical (unpaired) electrons. The average molecular weight is 305 g/mol. The van der Waals surface area contributed by atoms with Crippen LogP contribution in [0.1, 0.15) is 27.7 Å². The molecule has 0 aromatic heterocycles. The molecular formula is C18H15N3O2. The summed E-state index contributed by atoms with van der Waals surface area (Å²) >= 11 is 0. The molecule has 1 heterocycles. The van der Waals surface area contributed by atoms with Crippen LogP contribution in [0.15, 0.2) is 54.6 Å². The van der Waals surface area contributed by atoms with E-state index in [1.807, 2.05) is 54.6 Å². The smallest absolute Gasteiger partial charge is 0.273 e. The first-order valence-corrected chi connectivity index (χ1v) is 7.52. The van der Waals surface area contributed by atoms with Crippen LogP contribution in [0.2, 0.25) is 0 Å². The second kappa shape index (κ2) is 5.44. The van der Waals surface area contributed by atoms with Gasteiger partial charge in [-0.3, -0.25) is 4.79 Å². The van der Waals surface area contributed by atoms with E-state index in [0.29, 0.717) is 17.7 Å². The highest BCUT2D eigenvalue weighted by atomic mass is 16.3. The molecule has 1 aromatic carbocycles. The van der Waals surface area contributed by atoms with Gasteiger partial charge in [0.25, 0.3) is 5.91 Å².